The number of nitrogens with zero attached hydrogens (tertiary/aromatic N) is 3. The Morgan fingerprint density at radius 1 is 1.26 bits per heavy atom. The molecule has 2 fully saturated rings. The number of aromatic nitrogens is 2. The van der Waals surface area contributed by atoms with Gasteiger partial charge in [-0.3, -0.25) is 9.88 Å². The molecule has 2 aromatic heterocycles. The van der Waals surface area contributed by atoms with Crippen molar-refractivity contribution in [3.05, 3.63) is 35.5 Å². The van der Waals surface area contributed by atoms with Gasteiger partial charge in [-0.1, -0.05) is 18.9 Å². The Morgan fingerprint density at radius 2 is 2.22 bits per heavy atom. The van der Waals surface area contributed by atoms with E-state index in [0.29, 0.717) is 5.92 Å². The van der Waals surface area contributed by atoms with Gasteiger partial charge in [0, 0.05) is 42.8 Å². The van der Waals surface area contributed by atoms with Gasteiger partial charge in [0.1, 0.15) is 5.01 Å². The zero-order valence-corrected chi connectivity index (χ0v) is 14.1. The lowest BCUT2D eigenvalue weighted by molar-refractivity contribution is -0.0966. The Labute approximate surface area is 141 Å². The van der Waals surface area contributed by atoms with Gasteiger partial charge in [0.15, 0.2) is 0 Å². The number of aliphatic hydroxyl groups is 1. The van der Waals surface area contributed by atoms with Crippen molar-refractivity contribution in [3.63, 3.8) is 0 Å². The highest BCUT2D eigenvalue weighted by molar-refractivity contribution is 7.14. The van der Waals surface area contributed by atoms with Crippen molar-refractivity contribution in [1.82, 2.24) is 14.9 Å². The molecule has 2 aliphatic rings. The SMILES string of the molecule is OC12CCCCC1CN(Cc1cnc(-c3ccccn3)s1)CC2. The maximum absolute atomic E-state index is 10.8. The van der Waals surface area contributed by atoms with Gasteiger partial charge in [-0.25, -0.2) is 4.98 Å². The minimum atomic E-state index is -0.387. The lowest BCUT2D eigenvalue weighted by Gasteiger charge is -2.47. The third-order valence-electron chi connectivity index (χ3n) is 5.33. The number of thiazole rings is 1. The average molecular weight is 329 g/mol. The Hall–Kier alpha value is -1.30. The Bertz CT molecular complexity index is 659. The van der Waals surface area contributed by atoms with Crippen LogP contribution in [0.1, 0.15) is 37.0 Å². The number of pyridine rings is 1. The molecule has 5 heteroatoms. The van der Waals surface area contributed by atoms with E-state index in [1.807, 2.05) is 30.6 Å². The highest BCUT2D eigenvalue weighted by Crippen LogP contribution is 2.40. The molecule has 1 N–H and O–H groups in total. The second-order valence-electron chi connectivity index (χ2n) is 6.88. The number of rotatable bonds is 3. The monoisotopic (exact) mass is 329 g/mol. The summed E-state index contributed by atoms with van der Waals surface area (Å²) in [5.41, 5.74) is 0.561. The van der Waals surface area contributed by atoms with Gasteiger partial charge >= 0.3 is 0 Å². The quantitative estimate of drug-likeness (QED) is 0.938. The van der Waals surface area contributed by atoms with Gasteiger partial charge in [0.05, 0.1) is 11.3 Å². The molecule has 0 amide bonds. The van der Waals surface area contributed by atoms with E-state index in [4.69, 9.17) is 0 Å². The maximum atomic E-state index is 10.8. The first-order valence-electron chi connectivity index (χ1n) is 8.54. The molecule has 1 aliphatic carbocycles. The smallest absolute Gasteiger partial charge is 0.142 e. The van der Waals surface area contributed by atoms with E-state index >= 15 is 0 Å². The third-order valence-corrected chi connectivity index (χ3v) is 6.33. The Kier molecular flexibility index (Phi) is 4.18. The molecule has 2 aromatic rings. The molecule has 3 heterocycles. The first-order valence-corrected chi connectivity index (χ1v) is 9.35. The van der Waals surface area contributed by atoms with Crippen LogP contribution in [-0.4, -0.2) is 38.7 Å². The molecule has 4 nitrogen and oxygen atoms in total. The normalized spacial score (nSPS) is 28.5. The fraction of sp³-hybridized carbons (Fsp3) is 0.556. The van der Waals surface area contributed by atoms with Crippen molar-refractivity contribution in [1.29, 1.82) is 0 Å². The summed E-state index contributed by atoms with van der Waals surface area (Å²) < 4.78 is 0. The molecule has 2 atom stereocenters. The van der Waals surface area contributed by atoms with Crippen molar-refractivity contribution in [2.45, 2.75) is 44.2 Å². The van der Waals surface area contributed by atoms with Gasteiger partial charge in [-0.2, -0.15) is 0 Å². The second-order valence-corrected chi connectivity index (χ2v) is 7.99. The number of fused-ring (bicyclic) bond motifs is 1. The zero-order valence-electron chi connectivity index (χ0n) is 13.3. The minimum Gasteiger partial charge on any atom is -0.390 e. The third kappa shape index (κ3) is 3.18. The summed E-state index contributed by atoms with van der Waals surface area (Å²) in [7, 11) is 0. The van der Waals surface area contributed by atoms with Crippen LogP contribution in [0.2, 0.25) is 0 Å². The van der Waals surface area contributed by atoms with Crippen LogP contribution >= 0.6 is 11.3 Å². The molecule has 4 rings (SSSR count). The molecular weight excluding hydrogens is 306 g/mol. The molecule has 1 aliphatic heterocycles. The molecule has 0 bridgehead atoms. The van der Waals surface area contributed by atoms with Crippen LogP contribution in [0.5, 0.6) is 0 Å². The molecule has 1 saturated heterocycles. The number of hydrogen-bond acceptors (Lipinski definition) is 5. The fourth-order valence-electron chi connectivity index (χ4n) is 3.99. The molecule has 122 valence electrons. The van der Waals surface area contributed by atoms with Crippen LogP contribution < -0.4 is 0 Å². The van der Waals surface area contributed by atoms with Crippen LogP contribution in [0.4, 0.5) is 0 Å². The molecule has 1 saturated carbocycles. The van der Waals surface area contributed by atoms with Crippen LogP contribution in [0.15, 0.2) is 30.6 Å². The van der Waals surface area contributed by atoms with Crippen molar-refractivity contribution in [2.75, 3.05) is 13.1 Å². The van der Waals surface area contributed by atoms with E-state index in [1.54, 1.807) is 11.3 Å². The van der Waals surface area contributed by atoms with Crippen molar-refractivity contribution >= 4 is 11.3 Å². The van der Waals surface area contributed by atoms with Crippen molar-refractivity contribution in [2.24, 2.45) is 5.92 Å². The van der Waals surface area contributed by atoms with E-state index in [2.05, 4.69) is 14.9 Å². The summed E-state index contributed by atoms with van der Waals surface area (Å²) in [5.74, 6) is 0.452. The standard InChI is InChI=1S/C18H23N3OS/c22-18-7-3-1-5-14(18)12-21(10-8-18)13-15-11-20-17(23-15)16-6-2-4-9-19-16/h2,4,6,9,11,14,22H,1,3,5,7-8,10,12-13H2. The van der Waals surface area contributed by atoms with Gasteiger partial charge in [0.25, 0.3) is 0 Å². The van der Waals surface area contributed by atoms with Gasteiger partial charge in [-0.05, 0) is 31.4 Å². The summed E-state index contributed by atoms with van der Waals surface area (Å²) in [6, 6.07) is 5.93. The predicted molar refractivity (Wildman–Crippen MR) is 92.1 cm³/mol. The average Bonchev–Trinajstić information content (AvgIpc) is 3.04. The van der Waals surface area contributed by atoms with E-state index < -0.39 is 0 Å². The fourth-order valence-corrected chi connectivity index (χ4v) is 4.92. The maximum Gasteiger partial charge on any atom is 0.142 e. The Morgan fingerprint density at radius 3 is 3.09 bits per heavy atom. The van der Waals surface area contributed by atoms with E-state index in [1.165, 1.54) is 24.1 Å². The molecule has 0 spiro atoms. The van der Waals surface area contributed by atoms with Crippen LogP contribution in [0.25, 0.3) is 10.7 Å². The summed E-state index contributed by atoms with van der Waals surface area (Å²) >= 11 is 1.73. The van der Waals surface area contributed by atoms with Gasteiger partial charge in [0.2, 0.25) is 0 Å². The highest BCUT2D eigenvalue weighted by atomic mass is 32.1. The van der Waals surface area contributed by atoms with Crippen LogP contribution in [0.3, 0.4) is 0 Å². The van der Waals surface area contributed by atoms with Gasteiger partial charge < -0.3 is 5.11 Å². The topological polar surface area (TPSA) is 49.2 Å². The van der Waals surface area contributed by atoms with Crippen molar-refractivity contribution in [3.8, 4) is 10.7 Å². The first-order chi connectivity index (χ1) is 11.2. The van der Waals surface area contributed by atoms with Gasteiger partial charge in [-0.15, -0.1) is 11.3 Å². The molecule has 2 unspecified atom stereocenters. The zero-order chi connectivity index (χ0) is 15.7. The molecule has 23 heavy (non-hydrogen) atoms. The molecular formula is C18H23N3OS. The van der Waals surface area contributed by atoms with Crippen LogP contribution in [-0.2, 0) is 6.54 Å². The predicted octanol–water partition coefficient (Wildman–Crippen LogP) is 3.33. The molecule has 0 aromatic carbocycles. The highest BCUT2D eigenvalue weighted by Gasteiger charge is 2.42. The largest absolute Gasteiger partial charge is 0.390 e. The number of hydrogen-bond donors (Lipinski definition) is 1. The van der Waals surface area contributed by atoms with Crippen LogP contribution in [0, 0.1) is 5.92 Å². The van der Waals surface area contributed by atoms with E-state index in [0.717, 1.165) is 43.2 Å². The number of likely N-dealkylation sites (tertiary alicyclic amines) is 1. The summed E-state index contributed by atoms with van der Waals surface area (Å²) in [5, 5.41) is 11.8. The lowest BCUT2D eigenvalue weighted by atomic mass is 9.71. The second kappa shape index (κ2) is 6.30. The lowest BCUT2D eigenvalue weighted by Crippen LogP contribution is -2.52. The van der Waals surface area contributed by atoms with Crippen molar-refractivity contribution < 1.29 is 5.11 Å². The summed E-state index contributed by atoms with van der Waals surface area (Å²) in [4.78, 5) is 12.7. The van der Waals surface area contributed by atoms with E-state index in [9.17, 15) is 5.11 Å². The minimum absolute atomic E-state index is 0.387. The summed E-state index contributed by atoms with van der Waals surface area (Å²) in [6.45, 7) is 2.95. The molecule has 0 radical (unpaired) electrons. The Balaban J connectivity index is 1.42. The number of piperidine rings is 1. The first kappa shape index (κ1) is 15.2. The summed E-state index contributed by atoms with van der Waals surface area (Å²) in [6.07, 6.45) is 9.34. The van der Waals surface area contributed by atoms with E-state index in [-0.39, 0.29) is 5.60 Å².